The maximum absolute atomic E-state index is 12.3. The largest absolute Gasteiger partial charge is 0.340 e. The molecule has 5 heteroatoms. The Labute approximate surface area is 114 Å². The van der Waals surface area contributed by atoms with Crippen molar-refractivity contribution in [2.45, 2.75) is 6.92 Å². The molecule has 0 spiro atoms. The van der Waals surface area contributed by atoms with Crippen molar-refractivity contribution < 1.29 is 4.79 Å². The standard InChI is InChI=1S/C14H22N4O/c1-12-13(4-3-5-16-12)14(19)17(2)10-11-18-8-6-15-7-9-18/h3-5,15H,6-11H2,1-2H3. The number of aryl methyl sites for hydroxylation is 1. The maximum atomic E-state index is 12.3. The van der Waals surface area contributed by atoms with E-state index in [1.807, 2.05) is 26.1 Å². The van der Waals surface area contributed by atoms with Crippen molar-refractivity contribution in [3.8, 4) is 0 Å². The minimum atomic E-state index is 0.0562. The number of nitrogens with one attached hydrogen (secondary N) is 1. The molecule has 1 saturated heterocycles. The molecule has 0 bridgehead atoms. The Balaban J connectivity index is 1.87. The van der Waals surface area contributed by atoms with Crippen LogP contribution in [-0.2, 0) is 0 Å². The number of piperazine rings is 1. The van der Waals surface area contributed by atoms with Crippen molar-refractivity contribution in [3.63, 3.8) is 0 Å². The van der Waals surface area contributed by atoms with Crippen molar-refractivity contribution in [1.29, 1.82) is 0 Å². The van der Waals surface area contributed by atoms with Crippen LogP contribution in [0.2, 0.25) is 0 Å². The van der Waals surface area contributed by atoms with Crippen LogP contribution >= 0.6 is 0 Å². The van der Waals surface area contributed by atoms with Crippen LogP contribution in [0.4, 0.5) is 0 Å². The summed E-state index contributed by atoms with van der Waals surface area (Å²) in [6, 6.07) is 3.65. The van der Waals surface area contributed by atoms with Crippen LogP contribution in [0, 0.1) is 6.92 Å². The van der Waals surface area contributed by atoms with E-state index in [0.717, 1.165) is 45.0 Å². The van der Waals surface area contributed by atoms with E-state index in [4.69, 9.17) is 0 Å². The van der Waals surface area contributed by atoms with E-state index in [-0.39, 0.29) is 5.91 Å². The number of pyridine rings is 1. The highest BCUT2D eigenvalue weighted by molar-refractivity contribution is 5.94. The van der Waals surface area contributed by atoms with Crippen molar-refractivity contribution >= 4 is 5.91 Å². The molecule has 19 heavy (non-hydrogen) atoms. The van der Waals surface area contributed by atoms with Gasteiger partial charge in [-0.05, 0) is 19.1 Å². The van der Waals surface area contributed by atoms with Gasteiger partial charge in [0, 0.05) is 58.2 Å². The Kier molecular flexibility index (Phi) is 4.87. The maximum Gasteiger partial charge on any atom is 0.255 e. The van der Waals surface area contributed by atoms with E-state index in [9.17, 15) is 4.79 Å². The number of nitrogens with zero attached hydrogens (tertiary/aromatic N) is 3. The van der Waals surface area contributed by atoms with Crippen LogP contribution in [0.1, 0.15) is 16.1 Å². The first-order chi connectivity index (χ1) is 9.18. The molecule has 1 fully saturated rings. The van der Waals surface area contributed by atoms with Crippen molar-refractivity contribution in [2.75, 3.05) is 46.3 Å². The summed E-state index contributed by atoms with van der Waals surface area (Å²) in [5.74, 6) is 0.0562. The summed E-state index contributed by atoms with van der Waals surface area (Å²) in [5, 5.41) is 3.33. The molecule has 0 atom stereocenters. The van der Waals surface area contributed by atoms with Crippen molar-refractivity contribution in [2.24, 2.45) is 0 Å². The van der Waals surface area contributed by atoms with E-state index in [0.29, 0.717) is 5.56 Å². The van der Waals surface area contributed by atoms with Gasteiger partial charge in [0.1, 0.15) is 0 Å². The lowest BCUT2D eigenvalue weighted by atomic mass is 10.2. The lowest BCUT2D eigenvalue weighted by Gasteiger charge is -2.29. The van der Waals surface area contributed by atoms with Gasteiger partial charge in [-0.3, -0.25) is 14.7 Å². The Hall–Kier alpha value is -1.46. The van der Waals surface area contributed by atoms with Crippen LogP contribution in [0.5, 0.6) is 0 Å². The number of likely N-dealkylation sites (N-methyl/N-ethyl adjacent to an activating group) is 1. The zero-order valence-corrected chi connectivity index (χ0v) is 11.7. The van der Waals surface area contributed by atoms with Gasteiger partial charge >= 0.3 is 0 Å². The molecule has 0 aromatic carbocycles. The molecule has 0 radical (unpaired) electrons. The number of carbonyl (C=O) groups is 1. The van der Waals surface area contributed by atoms with Gasteiger partial charge in [0.2, 0.25) is 0 Å². The number of rotatable bonds is 4. The third-order valence-corrected chi connectivity index (χ3v) is 3.55. The number of amides is 1. The average molecular weight is 262 g/mol. The van der Waals surface area contributed by atoms with Gasteiger partial charge in [0.25, 0.3) is 5.91 Å². The van der Waals surface area contributed by atoms with Crippen molar-refractivity contribution in [3.05, 3.63) is 29.6 Å². The van der Waals surface area contributed by atoms with Crippen LogP contribution in [0.3, 0.4) is 0 Å². The zero-order valence-electron chi connectivity index (χ0n) is 11.7. The van der Waals surface area contributed by atoms with Gasteiger partial charge < -0.3 is 10.2 Å². The summed E-state index contributed by atoms with van der Waals surface area (Å²) in [6.45, 7) is 7.77. The zero-order chi connectivity index (χ0) is 13.7. The van der Waals surface area contributed by atoms with E-state index in [2.05, 4.69) is 15.2 Å². The minimum Gasteiger partial charge on any atom is -0.340 e. The summed E-state index contributed by atoms with van der Waals surface area (Å²) in [7, 11) is 1.86. The normalized spacial score (nSPS) is 16.3. The molecule has 1 aromatic rings. The van der Waals surface area contributed by atoms with Gasteiger partial charge in [0.05, 0.1) is 5.56 Å². The fourth-order valence-electron chi connectivity index (χ4n) is 2.24. The molecule has 1 amide bonds. The highest BCUT2D eigenvalue weighted by Crippen LogP contribution is 2.07. The summed E-state index contributed by atoms with van der Waals surface area (Å²) in [6.07, 6.45) is 1.72. The van der Waals surface area contributed by atoms with Gasteiger partial charge in [-0.1, -0.05) is 0 Å². The molecular weight excluding hydrogens is 240 g/mol. The van der Waals surface area contributed by atoms with Gasteiger partial charge in [0.15, 0.2) is 0 Å². The van der Waals surface area contributed by atoms with E-state index < -0.39 is 0 Å². The van der Waals surface area contributed by atoms with Crippen LogP contribution in [0.25, 0.3) is 0 Å². The lowest BCUT2D eigenvalue weighted by molar-refractivity contribution is 0.0773. The molecule has 0 unspecified atom stereocenters. The van der Waals surface area contributed by atoms with E-state index in [1.165, 1.54) is 0 Å². The highest BCUT2D eigenvalue weighted by atomic mass is 16.2. The molecule has 104 valence electrons. The van der Waals surface area contributed by atoms with E-state index >= 15 is 0 Å². The van der Waals surface area contributed by atoms with Crippen molar-refractivity contribution in [1.82, 2.24) is 20.1 Å². The molecule has 0 aliphatic carbocycles. The third kappa shape index (κ3) is 3.75. The summed E-state index contributed by atoms with van der Waals surface area (Å²) >= 11 is 0. The first-order valence-electron chi connectivity index (χ1n) is 6.78. The Morgan fingerprint density at radius 1 is 1.47 bits per heavy atom. The highest BCUT2D eigenvalue weighted by Gasteiger charge is 2.16. The first kappa shape index (κ1) is 14.0. The molecule has 2 heterocycles. The molecule has 1 aliphatic heterocycles. The van der Waals surface area contributed by atoms with Gasteiger partial charge in [-0.15, -0.1) is 0 Å². The summed E-state index contributed by atoms with van der Waals surface area (Å²) in [4.78, 5) is 20.6. The second-order valence-electron chi connectivity index (χ2n) is 4.95. The number of hydrogen-bond donors (Lipinski definition) is 1. The minimum absolute atomic E-state index is 0.0562. The molecule has 1 N–H and O–H groups in total. The fraction of sp³-hybridized carbons (Fsp3) is 0.571. The third-order valence-electron chi connectivity index (χ3n) is 3.55. The Morgan fingerprint density at radius 2 is 2.21 bits per heavy atom. The lowest BCUT2D eigenvalue weighted by Crippen LogP contribution is -2.46. The molecule has 1 aromatic heterocycles. The molecular formula is C14H22N4O. The Morgan fingerprint density at radius 3 is 2.89 bits per heavy atom. The molecule has 1 aliphatic rings. The van der Waals surface area contributed by atoms with Crippen LogP contribution < -0.4 is 5.32 Å². The number of carbonyl (C=O) groups excluding carboxylic acids is 1. The van der Waals surface area contributed by atoms with Crippen LogP contribution in [-0.4, -0.2) is 67.0 Å². The SMILES string of the molecule is Cc1ncccc1C(=O)N(C)CCN1CCNCC1. The predicted molar refractivity (Wildman–Crippen MR) is 75.2 cm³/mol. The molecule has 0 saturated carbocycles. The number of hydrogen-bond acceptors (Lipinski definition) is 4. The topological polar surface area (TPSA) is 48.5 Å². The molecule has 5 nitrogen and oxygen atoms in total. The smallest absolute Gasteiger partial charge is 0.255 e. The quantitative estimate of drug-likeness (QED) is 0.851. The summed E-state index contributed by atoms with van der Waals surface area (Å²) < 4.78 is 0. The second-order valence-corrected chi connectivity index (χ2v) is 4.95. The van der Waals surface area contributed by atoms with Gasteiger partial charge in [-0.25, -0.2) is 0 Å². The fourth-order valence-corrected chi connectivity index (χ4v) is 2.24. The number of aromatic nitrogens is 1. The molecule has 2 rings (SSSR count). The monoisotopic (exact) mass is 262 g/mol. The summed E-state index contributed by atoms with van der Waals surface area (Å²) in [5.41, 5.74) is 1.49. The second kappa shape index (κ2) is 6.63. The van der Waals surface area contributed by atoms with E-state index in [1.54, 1.807) is 11.1 Å². The average Bonchev–Trinajstić information content (AvgIpc) is 2.45. The van der Waals surface area contributed by atoms with Gasteiger partial charge in [-0.2, -0.15) is 0 Å². The van der Waals surface area contributed by atoms with Crippen LogP contribution in [0.15, 0.2) is 18.3 Å². The Bertz CT molecular complexity index is 429. The first-order valence-corrected chi connectivity index (χ1v) is 6.78. The predicted octanol–water partition coefficient (Wildman–Crippen LogP) is 0.367.